The van der Waals surface area contributed by atoms with E-state index in [-0.39, 0.29) is 18.2 Å². The Balaban J connectivity index is 1.29. The van der Waals surface area contributed by atoms with E-state index in [0.717, 1.165) is 35.3 Å². The highest BCUT2D eigenvalue weighted by Gasteiger charge is 2.31. The van der Waals surface area contributed by atoms with Crippen LogP contribution in [0.25, 0.3) is 6.08 Å². The average molecular weight is 820 g/mol. The van der Waals surface area contributed by atoms with Gasteiger partial charge >= 0.3 is 5.97 Å². The number of hydrogen-bond donors (Lipinski definition) is 3. The van der Waals surface area contributed by atoms with Gasteiger partial charge in [-0.15, -0.1) is 23.1 Å². The molecule has 11 nitrogen and oxygen atoms in total. The Morgan fingerprint density at radius 1 is 0.845 bits per heavy atom. The highest BCUT2D eigenvalue weighted by atomic mass is 32.2. The molecule has 1 heterocycles. The van der Waals surface area contributed by atoms with E-state index in [1.165, 1.54) is 50.5 Å². The summed E-state index contributed by atoms with van der Waals surface area (Å²) in [4.78, 5) is 56.8. The number of hydrogen-bond acceptors (Lipinski definition) is 10. The van der Waals surface area contributed by atoms with Crippen LogP contribution < -0.4 is 30.2 Å². The van der Waals surface area contributed by atoms with Crippen LogP contribution >= 0.6 is 23.1 Å². The van der Waals surface area contributed by atoms with Crippen molar-refractivity contribution in [2.75, 3.05) is 38.6 Å². The van der Waals surface area contributed by atoms with Crippen LogP contribution in [0.2, 0.25) is 0 Å². The van der Waals surface area contributed by atoms with E-state index in [2.05, 4.69) is 22.9 Å². The number of thiophene rings is 1. The van der Waals surface area contributed by atoms with Crippen LogP contribution in [0.1, 0.15) is 67.8 Å². The van der Waals surface area contributed by atoms with Gasteiger partial charge in [-0.1, -0.05) is 61.5 Å². The zero-order chi connectivity index (χ0) is 41.2. The number of anilines is 2. The summed E-state index contributed by atoms with van der Waals surface area (Å²) in [6, 6.07) is 28.3. The fraction of sp³-hybridized carbons (Fsp3) is 0.244. The predicted octanol–water partition coefficient (Wildman–Crippen LogP) is 8.96. The highest BCUT2D eigenvalue weighted by Crippen LogP contribution is 2.43. The van der Waals surface area contributed by atoms with Gasteiger partial charge in [0.05, 0.1) is 33.5 Å². The molecule has 1 aromatic heterocycles. The molecule has 0 saturated heterocycles. The Labute approximate surface area is 346 Å². The first-order chi connectivity index (χ1) is 28.1. The normalized spacial score (nSPS) is 14.0. The third-order valence-electron chi connectivity index (χ3n) is 9.48. The molecule has 58 heavy (non-hydrogen) atoms. The fourth-order valence-electron chi connectivity index (χ4n) is 6.58. The maximum atomic E-state index is 14.3. The van der Waals surface area contributed by atoms with Gasteiger partial charge in [-0.2, -0.15) is 0 Å². The summed E-state index contributed by atoms with van der Waals surface area (Å²) in [5.41, 5.74) is 3.32. The first-order valence-electron chi connectivity index (χ1n) is 18.8. The topological polar surface area (TPSA) is 141 Å². The molecule has 0 spiro atoms. The first-order valence-corrected chi connectivity index (χ1v) is 20.5. The van der Waals surface area contributed by atoms with Crippen LogP contribution in [0.5, 0.6) is 17.2 Å². The van der Waals surface area contributed by atoms with E-state index in [4.69, 9.17) is 18.9 Å². The lowest BCUT2D eigenvalue weighted by atomic mass is 9.88. The van der Waals surface area contributed by atoms with E-state index in [0.29, 0.717) is 55.4 Å². The molecule has 0 bridgehead atoms. The zero-order valence-corrected chi connectivity index (χ0v) is 34.5. The van der Waals surface area contributed by atoms with E-state index in [1.54, 1.807) is 67.6 Å². The van der Waals surface area contributed by atoms with Gasteiger partial charge in [0, 0.05) is 32.7 Å². The van der Waals surface area contributed by atoms with Crippen LogP contribution in [0, 0.1) is 5.92 Å². The van der Waals surface area contributed by atoms with Gasteiger partial charge in [-0.05, 0) is 85.7 Å². The van der Waals surface area contributed by atoms with Crippen LogP contribution in [0.3, 0.4) is 0 Å². The van der Waals surface area contributed by atoms with Gasteiger partial charge in [0.1, 0.15) is 21.7 Å². The number of esters is 1. The number of ether oxygens (including phenoxy) is 4. The Hall–Kier alpha value is -6.05. The Bertz CT molecular complexity index is 2310. The number of carbonyl (C=O) groups is 4. The minimum Gasteiger partial charge on any atom is -0.496 e. The molecule has 3 N–H and O–H groups in total. The summed E-state index contributed by atoms with van der Waals surface area (Å²) in [7, 11) is 4.49. The second kappa shape index (κ2) is 19.4. The Morgan fingerprint density at radius 3 is 2.22 bits per heavy atom. The maximum Gasteiger partial charge on any atom is 0.341 e. The minimum atomic E-state index is -0.724. The molecular formula is C45H45N3O8S2. The van der Waals surface area contributed by atoms with Crippen molar-refractivity contribution >= 4 is 63.6 Å². The molecule has 2 atom stereocenters. The van der Waals surface area contributed by atoms with Crippen molar-refractivity contribution in [3.8, 4) is 17.2 Å². The van der Waals surface area contributed by atoms with Gasteiger partial charge in [-0.3, -0.25) is 14.4 Å². The average Bonchev–Trinajstić information content (AvgIpc) is 3.59. The van der Waals surface area contributed by atoms with Gasteiger partial charge in [0.25, 0.3) is 11.8 Å². The van der Waals surface area contributed by atoms with Gasteiger partial charge < -0.3 is 34.9 Å². The number of nitrogens with one attached hydrogen (secondary N) is 3. The first kappa shape index (κ1) is 41.6. The smallest absolute Gasteiger partial charge is 0.341 e. The number of methoxy groups -OCH3 is 3. The summed E-state index contributed by atoms with van der Waals surface area (Å²) in [6.45, 7) is 4.18. The molecule has 0 fully saturated rings. The highest BCUT2D eigenvalue weighted by molar-refractivity contribution is 8.00. The van der Waals surface area contributed by atoms with E-state index in [9.17, 15) is 19.2 Å². The summed E-state index contributed by atoms with van der Waals surface area (Å²) in [5.74, 6) is -0.154. The van der Waals surface area contributed by atoms with Crippen LogP contribution in [-0.2, 0) is 27.2 Å². The summed E-state index contributed by atoms with van der Waals surface area (Å²) >= 11 is 2.74. The van der Waals surface area contributed by atoms with Crippen molar-refractivity contribution in [3.63, 3.8) is 0 Å². The summed E-state index contributed by atoms with van der Waals surface area (Å²) in [6.07, 6.45) is 4.05. The molecule has 4 aromatic carbocycles. The fourth-order valence-corrected chi connectivity index (χ4v) is 9.07. The van der Waals surface area contributed by atoms with Crippen molar-refractivity contribution in [1.29, 1.82) is 0 Å². The maximum absolute atomic E-state index is 14.3. The van der Waals surface area contributed by atoms with Crippen molar-refractivity contribution in [3.05, 3.63) is 135 Å². The number of benzene rings is 4. The predicted molar refractivity (Wildman–Crippen MR) is 228 cm³/mol. The Morgan fingerprint density at radius 2 is 1.53 bits per heavy atom. The third-order valence-corrected chi connectivity index (χ3v) is 11.9. The number of fused-ring (bicyclic) bond motifs is 1. The molecule has 13 heteroatoms. The quantitative estimate of drug-likeness (QED) is 0.0536. The molecule has 300 valence electrons. The van der Waals surface area contributed by atoms with E-state index >= 15 is 0 Å². The molecule has 0 radical (unpaired) electrons. The molecule has 0 aliphatic heterocycles. The van der Waals surface area contributed by atoms with Crippen LogP contribution in [0.15, 0.2) is 108 Å². The zero-order valence-electron chi connectivity index (χ0n) is 32.9. The second-order valence-electron chi connectivity index (χ2n) is 13.5. The Kier molecular flexibility index (Phi) is 13.9. The van der Waals surface area contributed by atoms with Gasteiger partial charge in [0.2, 0.25) is 5.91 Å². The van der Waals surface area contributed by atoms with Crippen molar-refractivity contribution in [1.82, 2.24) is 5.32 Å². The SMILES string of the molecule is CCOC(=O)c1c(NC(=O)C(Sc2cccc(NC(=O)/C(=C\c3cc(OC)c(OC)cc3OC)NC(=O)c3ccccc3)c2)c2ccccc2)sc2c1CCC(C)C2. The van der Waals surface area contributed by atoms with E-state index < -0.39 is 23.0 Å². The van der Waals surface area contributed by atoms with Crippen LogP contribution in [0.4, 0.5) is 10.7 Å². The molecule has 2 unspecified atom stereocenters. The largest absolute Gasteiger partial charge is 0.496 e. The molecular weight excluding hydrogens is 775 g/mol. The lowest BCUT2D eigenvalue weighted by Gasteiger charge is -2.19. The summed E-state index contributed by atoms with van der Waals surface area (Å²) in [5, 5.41) is 8.54. The lowest BCUT2D eigenvalue weighted by Crippen LogP contribution is -2.30. The number of carbonyl (C=O) groups excluding carboxylic acids is 4. The lowest BCUT2D eigenvalue weighted by molar-refractivity contribution is -0.116. The molecule has 0 saturated carbocycles. The van der Waals surface area contributed by atoms with E-state index in [1.807, 2.05) is 36.4 Å². The van der Waals surface area contributed by atoms with Crippen molar-refractivity contribution < 1.29 is 38.1 Å². The monoisotopic (exact) mass is 819 g/mol. The third kappa shape index (κ3) is 9.90. The minimum absolute atomic E-state index is 0.0654. The number of rotatable bonds is 15. The van der Waals surface area contributed by atoms with Gasteiger partial charge in [0.15, 0.2) is 11.5 Å². The standard InChI is InChI=1S/C45H45N3O8S2/c1-6-56-45(52)39-33-21-20-27(2)22-38(33)58-44(39)48-43(51)40(28-14-9-7-10-15-28)57-32-19-13-18-31(25-32)46-42(50)34(47-41(49)29-16-11-8-12-17-29)23-30-24-36(54-4)37(55-5)26-35(30)53-3/h7-19,23-27,40H,6,20-22H2,1-5H3,(H,46,50)(H,47,49)(H,48,51)/b34-23+. The molecule has 6 rings (SSSR count). The van der Waals surface area contributed by atoms with Crippen LogP contribution in [-0.4, -0.2) is 51.6 Å². The second-order valence-corrected chi connectivity index (χ2v) is 15.8. The molecule has 5 aromatic rings. The molecule has 1 aliphatic carbocycles. The van der Waals surface area contributed by atoms with Gasteiger partial charge in [-0.25, -0.2) is 4.79 Å². The number of amides is 3. The summed E-state index contributed by atoms with van der Waals surface area (Å²) < 4.78 is 22.0. The molecule has 1 aliphatic rings. The number of thioether (sulfide) groups is 1. The van der Waals surface area contributed by atoms with Crippen molar-refractivity contribution in [2.24, 2.45) is 5.92 Å². The molecule has 3 amide bonds. The van der Waals surface area contributed by atoms with Crippen molar-refractivity contribution in [2.45, 2.75) is 43.3 Å².